The molecule has 2 aromatic rings. The molecule has 2 rings (SSSR count). The third kappa shape index (κ3) is 5.69. The molecule has 8 heteroatoms. The van der Waals surface area contributed by atoms with Crippen molar-refractivity contribution in [3.8, 4) is 0 Å². The minimum atomic E-state index is -3.55. The van der Waals surface area contributed by atoms with Gasteiger partial charge >= 0.3 is 0 Å². The summed E-state index contributed by atoms with van der Waals surface area (Å²) >= 11 is 0. The number of benzene rings is 2. The monoisotopic (exact) mass is 411 g/mol. The number of nitrogens with two attached hydrogens (primary N) is 1. The van der Waals surface area contributed by atoms with Crippen LogP contribution < -0.4 is 11.1 Å². The molecule has 0 saturated carbocycles. The van der Waals surface area contributed by atoms with Gasteiger partial charge in [-0.25, -0.2) is 8.42 Å². The highest BCUT2D eigenvalue weighted by molar-refractivity contribution is 7.89. The summed E-state index contributed by atoms with van der Waals surface area (Å²) in [5, 5.41) is 2.72. The average Bonchev–Trinajstić information content (AvgIpc) is 2.63. The zero-order chi connectivity index (χ0) is 19.2. The maximum atomic E-state index is 12.7. The van der Waals surface area contributed by atoms with Crippen LogP contribution in [0.1, 0.15) is 37.0 Å². The van der Waals surface area contributed by atoms with E-state index in [4.69, 9.17) is 5.73 Å². The highest BCUT2D eigenvalue weighted by atomic mass is 35.5. The van der Waals surface area contributed by atoms with Gasteiger partial charge in [-0.2, -0.15) is 4.31 Å². The Morgan fingerprint density at radius 3 is 2.07 bits per heavy atom. The van der Waals surface area contributed by atoms with Crippen LogP contribution in [0.25, 0.3) is 0 Å². The Kier molecular flexibility index (Phi) is 8.75. The van der Waals surface area contributed by atoms with Crippen LogP contribution in [0.15, 0.2) is 53.4 Å². The second-order valence-electron chi connectivity index (χ2n) is 5.97. The first-order valence-electron chi connectivity index (χ1n) is 8.66. The molecule has 0 aliphatic heterocycles. The number of nitrogens with one attached hydrogen (secondary N) is 1. The number of amides is 1. The van der Waals surface area contributed by atoms with Gasteiger partial charge in [0.15, 0.2) is 0 Å². The predicted octanol–water partition coefficient (Wildman–Crippen LogP) is 3.75. The zero-order valence-corrected chi connectivity index (χ0v) is 17.1. The minimum Gasteiger partial charge on any atom is -0.397 e. The van der Waals surface area contributed by atoms with Crippen LogP contribution in [0, 0.1) is 0 Å². The molecule has 2 aromatic carbocycles. The molecule has 0 fully saturated rings. The van der Waals surface area contributed by atoms with Gasteiger partial charge in [0.2, 0.25) is 10.0 Å². The van der Waals surface area contributed by atoms with E-state index in [1.165, 1.54) is 28.6 Å². The van der Waals surface area contributed by atoms with E-state index in [9.17, 15) is 13.2 Å². The second kappa shape index (κ2) is 10.3. The molecule has 0 unspecified atom stereocenters. The number of carbonyl (C=O) groups excluding carboxylic acids is 1. The number of rotatable bonds is 8. The van der Waals surface area contributed by atoms with Crippen molar-refractivity contribution in [1.82, 2.24) is 4.31 Å². The summed E-state index contributed by atoms with van der Waals surface area (Å²) in [5.41, 5.74) is 7.17. The Morgan fingerprint density at radius 1 is 1.00 bits per heavy atom. The van der Waals surface area contributed by atoms with Crippen LogP contribution in [0.4, 0.5) is 11.4 Å². The van der Waals surface area contributed by atoms with E-state index in [-0.39, 0.29) is 23.2 Å². The first kappa shape index (κ1) is 23.0. The van der Waals surface area contributed by atoms with E-state index in [1.807, 2.05) is 13.8 Å². The molecule has 3 N–H and O–H groups in total. The lowest BCUT2D eigenvalue weighted by atomic mass is 10.2. The number of hydrogen-bond donors (Lipinski definition) is 2. The molecule has 0 bridgehead atoms. The van der Waals surface area contributed by atoms with Gasteiger partial charge in [0.05, 0.1) is 16.3 Å². The predicted molar refractivity (Wildman–Crippen MR) is 112 cm³/mol. The van der Waals surface area contributed by atoms with Gasteiger partial charge in [-0.1, -0.05) is 26.0 Å². The summed E-state index contributed by atoms with van der Waals surface area (Å²) in [7, 11) is -3.55. The molecule has 6 nitrogen and oxygen atoms in total. The molecule has 0 radical (unpaired) electrons. The summed E-state index contributed by atoms with van der Waals surface area (Å²) in [6.45, 7) is 4.85. The van der Waals surface area contributed by atoms with Crippen molar-refractivity contribution >= 4 is 39.7 Å². The highest BCUT2D eigenvalue weighted by Gasteiger charge is 2.23. The highest BCUT2D eigenvalue weighted by Crippen LogP contribution is 2.20. The van der Waals surface area contributed by atoms with E-state index >= 15 is 0 Å². The smallest absolute Gasteiger partial charge is 0.255 e. The normalized spacial score (nSPS) is 11.1. The van der Waals surface area contributed by atoms with E-state index in [1.54, 1.807) is 24.3 Å². The van der Waals surface area contributed by atoms with Crippen LogP contribution in [0.5, 0.6) is 0 Å². The molecule has 148 valence electrons. The molecular weight excluding hydrogens is 386 g/mol. The summed E-state index contributed by atoms with van der Waals surface area (Å²) < 4.78 is 27.0. The Labute approximate surface area is 167 Å². The fraction of sp³-hybridized carbons (Fsp3) is 0.316. The zero-order valence-electron chi connectivity index (χ0n) is 15.5. The van der Waals surface area contributed by atoms with Crippen LogP contribution in [-0.2, 0) is 10.0 Å². The summed E-state index contributed by atoms with van der Waals surface area (Å²) in [4.78, 5) is 12.5. The minimum absolute atomic E-state index is 0. The number of halogens is 1. The molecular formula is C19H26ClN3O3S. The van der Waals surface area contributed by atoms with Crippen molar-refractivity contribution in [2.75, 3.05) is 24.1 Å². The molecule has 0 aliphatic carbocycles. The van der Waals surface area contributed by atoms with Crippen LogP contribution in [-0.4, -0.2) is 31.7 Å². The molecule has 0 heterocycles. The number of para-hydroxylation sites is 2. The third-order valence-electron chi connectivity index (χ3n) is 3.91. The fourth-order valence-corrected chi connectivity index (χ4v) is 4.21. The van der Waals surface area contributed by atoms with E-state index in [0.29, 0.717) is 30.0 Å². The fourth-order valence-electron chi connectivity index (χ4n) is 2.58. The van der Waals surface area contributed by atoms with Gasteiger partial charge in [-0.15, -0.1) is 12.4 Å². The van der Waals surface area contributed by atoms with E-state index < -0.39 is 10.0 Å². The topological polar surface area (TPSA) is 92.5 Å². The van der Waals surface area contributed by atoms with Crippen molar-refractivity contribution in [1.29, 1.82) is 0 Å². The molecule has 0 aromatic heterocycles. The number of nitrogen functional groups attached to an aromatic ring is 1. The maximum Gasteiger partial charge on any atom is 0.255 e. The third-order valence-corrected chi connectivity index (χ3v) is 5.82. The number of carbonyl (C=O) groups is 1. The lowest BCUT2D eigenvalue weighted by Crippen LogP contribution is -2.32. The lowest BCUT2D eigenvalue weighted by Gasteiger charge is -2.21. The first-order valence-corrected chi connectivity index (χ1v) is 10.1. The Bertz CT molecular complexity index is 849. The van der Waals surface area contributed by atoms with Gasteiger partial charge in [0, 0.05) is 18.7 Å². The molecule has 27 heavy (non-hydrogen) atoms. The molecule has 1 amide bonds. The maximum absolute atomic E-state index is 12.7. The first-order chi connectivity index (χ1) is 12.4. The molecule has 0 atom stereocenters. The molecule has 0 aliphatic rings. The number of nitrogens with zero attached hydrogens (tertiary/aromatic N) is 1. The SMILES string of the molecule is CCCN(CCC)S(=O)(=O)c1ccc(C(=O)Nc2ccccc2N)cc1.Cl. The van der Waals surface area contributed by atoms with Crippen LogP contribution in [0.3, 0.4) is 0 Å². The Hall–Kier alpha value is -2.09. The Morgan fingerprint density at radius 2 is 1.56 bits per heavy atom. The van der Waals surface area contributed by atoms with Gasteiger partial charge in [0.1, 0.15) is 0 Å². The van der Waals surface area contributed by atoms with Crippen molar-refractivity contribution in [2.45, 2.75) is 31.6 Å². The summed E-state index contributed by atoms with van der Waals surface area (Å²) in [5.74, 6) is -0.342. The van der Waals surface area contributed by atoms with Crippen molar-refractivity contribution in [3.05, 3.63) is 54.1 Å². The van der Waals surface area contributed by atoms with Gasteiger partial charge in [0.25, 0.3) is 5.91 Å². The van der Waals surface area contributed by atoms with Crippen molar-refractivity contribution in [3.63, 3.8) is 0 Å². The number of anilines is 2. The van der Waals surface area contributed by atoms with Gasteiger partial charge in [-0.05, 0) is 49.2 Å². The van der Waals surface area contributed by atoms with E-state index in [0.717, 1.165) is 12.8 Å². The standard InChI is InChI=1S/C19H25N3O3S.ClH/c1-3-13-22(14-4-2)26(24,25)16-11-9-15(10-12-16)19(23)21-18-8-6-5-7-17(18)20;/h5-12H,3-4,13-14,20H2,1-2H3,(H,21,23);1H. The molecule has 0 saturated heterocycles. The quantitative estimate of drug-likeness (QED) is 0.647. The lowest BCUT2D eigenvalue weighted by molar-refractivity contribution is 0.102. The number of sulfonamides is 1. The largest absolute Gasteiger partial charge is 0.397 e. The van der Waals surface area contributed by atoms with Gasteiger partial charge in [-0.3, -0.25) is 4.79 Å². The van der Waals surface area contributed by atoms with Crippen LogP contribution >= 0.6 is 12.4 Å². The number of hydrogen-bond acceptors (Lipinski definition) is 4. The van der Waals surface area contributed by atoms with E-state index in [2.05, 4.69) is 5.32 Å². The average molecular weight is 412 g/mol. The van der Waals surface area contributed by atoms with Crippen LogP contribution in [0.2, 0.25) is 0 Å². The van der Waals surface area contributed by atoms with Gasteiger partial charge < -0.3 is 11.1 Å². The van der Waals surface area contributed by atoms with Crippen molar-refractivity contribution in [2.24, 2.45) is 0 Å². The Balaban J connectivity index is 0.00000364. The summed E-state index contributed by atoms with van der Waals surface area (Å²) in [6.07, 6.45) is 1.50. The van der Waals surface area contributed by atoms with Crippen molar-refractivity contribution < 1.29 is 13.2 Å². The second-order valence-corrected chi connectivity index (χ2v) is 7.91. The molecule has 0 spiro atoms. The summed E-state index contributed by atoms with van der Waals surface area (Å²) in [6, 6.07) is 12.9.